The first-order chi connectivity index (χ1) is 11.5. The lowest BCUT2D eigenvalue weighted by Gasteiger charge is -2.13. The van der Waals surface area contributed by atoms with Gasteiger partial charge in [-0.25, -0.2) is 9.67 Å². The number of nitrogens with one attached hydrogen (secondary N) is 1. The van der Waals surface area contributed by atoms with Gasteiger partial charge in [-0.2, -0.15) is 5.10 Å². The number of fused-ring (bicyclic) bond motifs is 1. The van der Waals surface area contributed by atoms with Crippen molar-refractivity contribution in [2.75, 3.05) is 11.9 Å². The monoisotopic (exact) mass is 328 g/mol. The first kappa shape index (κ1) is 16.4. The van der Waals surface area contributed by atoms with Crippen LogP contribution in [-0.4, -0.2) is 31.5 Å². The number of nitrogens with zero attached hydrogens (tertiary/aromatic N) is 5. The van der Waals surface area contributed by atoms with Crippen molar-refractivity contribution in [1.29, 1.82) is 0 Å². The second-order valence-electron chi connectivity index (χ2n) is 6.62. The zero-order valence-electron chi connectivity index (χ0n) is 14.9. The van der Waals surface area contributed by atoms with E-state index >= 15 is 0 Å². The molecule has 0 fully saturated rings. The summed E-state index contributed by atoms with van der Waals surface area (Å²) in [6.45, 7) is 12.1. The molecule has 0 bridgehead atoms. The van der Waals surface area contributed by atoms with Crippen molar-refractivity contribution in [2.45, 2.75) is 47.1 Å². The molecule has 0 spiro atoms. The summed E-state index contributed by atoms with van der Waals surface area (Å²) in [6.07, 6.45) is 3.63. The molecule has 3 aromatic heterocycles. The van der Waals surface area contributed by atoms with E-state index in [0.717, 1.165) is 35.4 Å². The highest BCUT2D eigenvalue weighted by atomic mass is 16.4. The Kier molecular flexibility index (Phi) is 4.51. The Morgan fingerprint density at radius 2 is 1.96 bits per heavy atom. The molecule has 7 nitrogen and oxygen atoms in total. The van der Waals surface area contributed by atoms with Crippen LogP contribution in [0.2, 0.25) is 0 Å². The Bertz CT molecular complexity index is 833. The Morgan fingerprint density at radius 1 is 1.17 bits per heavy atom. The van der Waals surface area contributed by atoms with E-state index in [0.29, 0.717) is 17.7 Å². The first-order valence-electron chi connectivity index (χ1n) is 8.43. The Hall–Kier alpha value is -2.44. The molecule has 0 saturated heterocycles. The zero-order valence-corrected chi connectivity index (χ0v) is 14.9. The van der Waals surface area contributed by atoms with Crippen LogP contribution in [0, 0.1) is 5.92 Å². The van der Waals surface area contributed by atoms with Crippen LogP contribution in [-0.2, 0) is 6.54 Å². The minimum atomic E-state index is 0.192. The summed E-state index contributed by atoms with van der Waals surface area (Å²) in [5.41, 5.74) is 2.63. The van der Waals surface area contributed by atoms with Crippen molar-refractivity contribution in [3.05, 3.63) is 18.3 Å². The third-order valence-electron chi connectivity index (χ3n) is 3.82. The molecular weight excluding hydrogens is 304 g/mol. The molecule has 3 heterocycles. The molecule has 0 aromatic carbocycles. The maximum absolute atomic E-state index is 5.83. The van der Waals surface area contributed by atoms with Gasteiger partial charge in [0.1, 0.15) is 0 Å². The predicted octanol–water partition coefficient (Wildman–Crippen LogP) is 3.69. The second-order valence-corrected chi connectivity index (χ2v) is 6.62. The van der Waals surface area contributed by atoms with Gasteiger partial charge >= 0.3 is 0 Å². The number of rotatable bonds is 6. The summed E-state index contributed by atoms with van der Waals surface area (Å²) in [5.74, 6) is 1.82. The normalized spacial score (nSPS) is 11.8. The summed E-state index contributed by atoms with van der Waals surface area (Å²) in [5, 5.41) is 17.2. The third kappa shape index (κ3) is 2.98. The maximum atomic E-state index is 5.83. The molecule has 128 valence electrons. The fourth-order valence-electron chi connectivity index (χ4n) is 2.49. The first-order valence-corrected chi connectivity index (χ1v) is 8.43. The van der Waals surface area contributed by atoms with Gasteiger partial charge in [-0.15, -0.1) is 10.2 Å². The molecule has 0 aliphatic rings. The summed E-state index contributed by atoms with van der Waals surface area (Å²) < 4.78 is 7.71. The lowest BCUT2D eigenvalue weighted by Crippen LogP contribution is -2.09. The molecule has 3 rings (SSSR count). The van der Waals surface area contributed by atoms with Crippen molar-refractivity contribution in [3.63, 3.8) is 0 Å². The van der Waals surface area contributed by atoms with Gasteiger partial charge in [-0.3, -0.25) is 0 Å². The van der Waals surface area contributed by atoms with E-state index in [4.69, 9.17) is 4.42 Å². The van der Waals surface area contributed by atoms with Gasteiger partial charge in [0.2, 0.25) is 5.89 Å². The predicted molar refractivity (Wildman–Crippen MR) is 93.9 cm³/mol. The minimum absolute atomic E-state index is 0.192. The highest BCUT2D eigenvalue weighted by Crippen LogP contribution is 2.33. The van der Waals surface area contributed by atoms with Crippen molar-refractivity contribution in [3.8, 4) is 11.5 Å². The van der Waals surface area contributed by atoms with Crippen molar-refractivity contribution >= 4 is 16.7 Å². The van der Waals surface area contributed by atoms with Crippen molar-refractivity contribution < 1.29 is 4.42 Å². The Labute approximate surface area is 141 Å². The van der Waals surface area contributed by atoms with E-state index in [1.54, 1.807) is 6.20 Å². The lowest BCUT2D eigenvalue weighted by atomic mass is 10.1. The zero-order chi connectivity index (χ0) is 17.3. The highest BCUT2D eigenvalue weighted by Gasteiger charge is 2.19. The Balaban J connectivity index is 2.12. The van der Waals surface area contributed by atoms with Crippen molar-refractivity contribution in [1.82, 2.24) is 25.0 Å². The van der Waals surface area contributed by atoms with Crippen LogP contribution in [0.15, 0.2) is 16.8 Å². The number of anilines is 1. The standard InChI is InChI=1S/C17H24N6O/c1-6-23-15-12(9-20-23)14(18-7-10(2)3)13(8-19-15)17-22-21-16(24-17)11(4)5/h8-11H,6-7H2,1-5H3,(H,18,19). The van der Waals surface area contributed by atoms with E-state index in [1.807, 2.05) is 24.7 Å². The molecule has 0 amide bonds. The van der Waals surface area contributed by atoms with Gasteiger partial charge in [0.05, 0.1) is 22.8 Å². The Morgan fingerprint density at radius 3 is 2.58 bits per heavy atom. The summed E-state index contributed by atoms with van der Waals surface area (Å²) >= 11 is 0. The van der Waals surface area contributed by atoms with Crippen LogP contribution in [0.1, 0.15) is 46.4 Å². The molecule has 0 atom stereocenters. The van der Waals surface area contributed by atoms with E-state index in [-0.39, 0.29) is 5.92 Å². The molecular formula is C17H24N6O. The molecule has 0 radical (unpaired) electrons. The van der Waals surface area contributed by atoms with Crippen LogP contribution in [0.3, 0.4) is 0 Å². The maximum Gasteiger partial charge on any atom is 0.251 e. The van der Waals surface area contributed by atoms with Gasteiger partial charge in [-0.1, -0.05) is 27.7 Å². The molecule has 0 aliphatic heterocycles. The van der Waals surface area contributed by atoms with Crippen LogP contribution in [0.25, 0.3) is 22.5 Å². The average molecular weight is 328 g/mol. The smallest absolute Gasteiger partial charge is 0.251 e. The van der Waals surface area contributed by atoms with Gasteiger partial charge in [-0.05, 0) is 12.8 Å². The summed E-state index contributed by atoms with van der Waals surface area (Å²) in [7, 11) is 0. The number of aromatic nitrogens is 5. The number of aryl methyl sites for hydroxylation is 1. The van der Waals surface area contributed by atoms with E-state index in [2.05, 4.69) is 46.4 Å². The fraction of sp³-hybridized carbons (Fsp3) is 0.529. The van der Waals surface area contributed by atoms with Crippen LogP contribution in [0.5, 0.6) is 0 Å². The summed E-state index contributed by atoms with van der Waals surface area (Å²) in [6, 6.07) is 0. The van der Waals surface area contributed by atoms with Gasteiger partial charge in [0, 0.05) is 25.2 Å². The van der Waals surface area contributed by atoms with Crippen LogP contribution >= 0.6 is 0 Å². The number of hydrogen-bond acceptors (Lipinski definition) is 6. The van der Waals surface area contributed by atoms with Gasteiger partial charge < -0.3 is 9.73 Å². The summed E-state index contributed by atoms with van der Waals surface area (Å²) in [4.78, 5) is 4.56. The molecule has 7 heteroatoms. The fourth-order valence-corrected chi connectivity index (χ4v) is 2.49. The number of hydrogen-bond donors (Lipinski definition) is 1. The minimum Gasteiger partial charge on any atom is -0.420 e. The topological polar surface area (TPSA) is 81.7 Å². The van der Waals surface area contributed by atoms with Gasteiger partial charge in [0.25, 0.3) is 5.89 Å². The van der Waals surface area contributed by atoms with Crippen molar-refractivity contribution in [2.24, 2.45) is 5.92 Å². The van der Waals surface area contributed by atoms with E-state index < -0.39 is 0 Å². The largest absolute Gasteiger partial charge is 0.420 e. The van der Waals surface area contributed by atoms with Crippen LogP contribution in [0.4, 0.5) is 5.69 Å². The number of pyridine rings is 1. The van der Waals surface area contributed by atoms with Gasteiger partial charge in [0.15, 0.2) is 5.65 Å². The average Bonchev–Trinajstić information content (AvgIpc) is 3.19. The highest BCUT2D eigenvalue weighted by molar-refractivity contribution is 5.96. The third-order valence-corrected chi connectivity index (χ3v) is 3.82. The quantitative estimate of drug-likeness (QED) is 0.743. The molecule has 0 unspecified atom stereocenters. The SMILES string of the molecule is CCn1ncc2c(NCC(C)C)c(-c3nnc(C(C)C)o3)cnc21. The molecule has 0 aliphatic carbocycles. The van der Waals surface area contributed by atoms with E-state index in [9.17, 15) is 0 Å². The molecule has 0 saturated carbocycles. The van der Waals surface area contributed by atoms with Crippen LogP contribution < -0.4 is 5.32 Å². The molecule has 24 heavy (non-hydrogen) atoms. The lowest BCUT2D eigenvalue weighted by molar-refractivity contribution is 0.481. The molecule has 1 N–H and O–H groups in total. The second kappa shape index (κ2) is 6.59. The van der Waals surface area contributed by atoms with E-state index in [1.165, 1.54) is 0 Å². The molecule has 3 aromatic rings.